The highest BCUT2D eigenvalue weighted by Crippen LogP contribution is 2.04. The minimum atomic E-state index is -0.108. The Morgan fingerprint density at radius 2 is 1.73 bits per heavy atom. The monoisotopic (exact) mass is 309 g/mol. The number of benzene rings is 1. The lowest BCUT2D eigenvalue weighted by molar-refractivity contribution is 0.0944. The molecule has 0 unspecified atom stereocenters. The Hall–Kier alpha value is -1.47. The van der Waals surface area contributed by atoms with E-state index in [0.717, 1.165) is 18.7 Å². The van der Waals surface area contributed by atoms with E-state index in [0.29, 0.717) is 31.7 Å². The fourth-order valence-corrected chi connectivity index (χ4v) is 2.09. The molecule has 4 N–H and O–H groups in total. The van der Waals surface area contributed by atoms with Gasteiger partial charge in [0, 0.05) is 38.3 Å². The maximum Gasteiger partial charge on any atom is 0.251 e. The van der Waals surface area contributed by atoms with E-state index in [4.69, 9.17) is 10.2 Å². The van der Waals surface area contributed by atoms with Crippen LogP contribution in [0.3, 0.4) is 0 Å². The van der Waals surface area contributed by atoms with Crippen LogP contribution >= 0.6 is 0 Å². The summed E-state index contributed by atoms with van der Waals surface area (Å²) in [7, 11) is 0. The summed E-state index contributed by atoms with van der Waals surface area (Å²) in [6.07, 6.45) is 0. The molecule has 1 aromatic rings. The zero-order valence-corrected chi connectivity index (χ0v) is 13.2. The number of nitrogens with zero attached hydrogens (tertiary/aromatic N) is 1. The summed E-state index contributed by atoms with van der Waals surface area (Å²) < 4.78 is 0. The molecule has 0 heterocycles. The van der Waals surface area contributed by atoms with Crippen molar-refractivity contribution in [3.05, 3.63) is 35.4 Å². The lowest BCUT2D eigenvalue weighted by Crippen LogP contribution is -2.37. The number of aliphatic hydroxyl groups is 2. The molecule has 0 atom stereocenters. The van der Waals surface area contributed by atoms with Crippen molar-refractivity contribution in [1.82, 2.24) is 15.5 Å². The minimum absolute atomic E-state index is 0.0429. The molecule has 1 rings (SSSR count). The minimum Gasteiger partial charge on any atom is -0.395 e. The topological polar surface area (TPSA) is 84.8 Å². The van der Waals surface area contributed by atoms with Crippen molar-refractivity contribution >= 4 is 5.91 Å². The second-order valence-electron chi connectivity index (χ2n) is 5.02. The molecular formula is C16H27N3O3. The van der Waals surface area contributed by atoms with Crippen LogP contribution in [0.1, 0.15) is 22.8 Å². The van der Waals surface area contributed by atoms with E-state index in [9.17, 15) is 4.79 Å². The maximum atomic E-state index is 12.0. The Bertz CT molecular complexity index is 417. The lowest BCUT2D eigenvalue weighted by atomic mass is 10.1. The van der Waals surface area contributed by atoms with Gasteiger partial charge in [-0.05, 0) is 24.2 Å². The molecule has 124 valence electrons. The zero-order valence-electron chi connectivity index (χ0n) is 13.2. The summed E-state index contributed by atoms with van der Waals surface area (Å²) in [6, 6.07) is 7.53. The number of nitrogens with one attached hydrogen (secondary N) is 2. The fraction of sp³-hybridized carbons (Fsp3) is 0.562. The van der Waals surface area contributed by atoms with E-state index in [1.165, 1.54) is 0 Å². The SMILES string of the molecule is CCNCc1ccc(C(=O)NCCN(CCO)CCO)cc1. The van der Waals surface area contributed by atoms with Crippen LogP contribution in [0.2, 0.25) is 0 Å². The first-order chi connectivity index (χ1) is 10.7. The van der Waals surface area contributed by atoms with Gasteiger partial charge < -0.3 is 20.8 Å². The molecule has 1 amide bonds. The van der Waals surface area contributed by atoms with Crippen molar-refractivity contribution in [2.75, 3.05) is 45.9 Å². The van der Waals surface area contributed by atoms with Gasteiger partial charge in [-0.25, -0.2) is 0 Å². The standard InChI is InChI=1S/C16H27N3O3/c1-2-17-13-14-3-5-15(6-4-14)16(22)18-7-8-19(9-11-20)10-12-21/h3-6,17,20-21H,2,7-13H2,1H3,(H,18,22). The van der Waals surface area contributed by atoms with E-state index in [-0.39, 0.29) is 19.1 Å². The molecule has 0 aliphatic carbocycles. The molecule has 0 saturated carbocycles. The van der Waals surface area contributed by atoms with Gasteiger partial charge in [0.2, 0.25) is 0 Å². The van der Waals surface area contributed by atoms with E-state index in [2.05, 4.69) is 17.6 Å². The van der Waals surface area contributed by atoms with Gasteiger partial charge in [-0.2, -0.15) is 0 Å². The first kappa shape index (κ1) is 18.6. The van der Waals surface area contributed by atoms with Gasteiger partial charge >= 0.3 is 0 Å². The average molecular weight is 309 g/mol. The van der Waals surface area contributed by atoms with Crippen LogP contribution in [0.25, 0.3) is 0 Å². The van der Waals surface area contributed by atoms with Crippen LogP contribution in [0.15, 0.2) is 24.3 Å². The highest BCUT2D eigenvalue weighted by atomic mass is 16.3. The fourth-order valence-electron chi connectivity index (χ4n) is 2.09. The van der Waals surface area contributed by atoms with Crippen molar-refractivity contribution in [2.24, 2.45) is 0 Å². The summed E-state index contributed by atoms with van der Waals surface area (Å²) in [5.41, 5.74) is 1.78. The molecule has 0 saturated heterocycles. The molecule has 0 aliphatic heterocycles. The van der Waals surface area contributed by atoms with E-state index in [1.807, 2.05) is 29.2 Å². The predicted molar refractivity (Wildman–Crippen MR) is 86.8 cm³/mol. The van der Waals surface area contributed by atoms with Gasteiger partial charge in [0.15, 0.2) is 0 Å². The Balaban J connectivity index is 2.38. The highest BCUT2D eigenvalue weighted by Gasteiger charge is 2.07. The highest BCUT2D eigenvalue weighted by molar-refractivity contribution is 5.94. The molecule has 0 spiro atoms. The van der Waals surface area contributed by atoms with Crippen LogP contribution in [-0.2, 0) is 6.54 Å². The Morgan fingerprint density at radius 3 is 2.27 bits per heavy atom. The van der Waals surface area contributed by atoms with Gasteiger partial charge in [-0.1, -0.05) is 19.1 Å². The van der Waals surface area contributed by atoms with Gasteiger partial charge in [-0.3, -0.25) is 9.69 Å². The van der Waals surface area contributed by atoms with Gasteiger partial charge in [0.25, 0.3) is 5.91 Å². The van der Waals surface area contributed by atoms with Crippen molar-refractivity contribution in [3.8, 4) is 0 Å². The van der Waals surface area contributed by atoms with Crippen LogP contribution in [0.5, 0.6) is 0 Å². The first-order valence-corrected chi connectivity index (χ1v) is 7.73. The van der Waals surface area contributed by atoms with Gasteiger partial charge in [0.1, 0.15) is 0 Å². The number of hydrogen-bond acceptors (Lipinski definition) is 5. The molecule has 6 heteroatoms. The van der Waals surface area contributed by atoms with Gasteiger partial charge in [0.05, 0.1) is 13.2 Å². The normalized spacial score (nSPS) is 10.9. The second-order valence-corrected chi connectivity index (χ2v) is 5.02. The molecule has 1 aromatic carbocycles. The first-order valence-electron chi connectivity index (χ1n) is 7.73. The number of carbonyl (C=O) groups is 1. The third-order valence-corrected chi connectivity index (χ3v) is 3.34. The quantitative estimate of drug-likeness (QED) is 0.455. The predicted octanol–water partition coefficient (Wildman–Crippen LogP) is -0.187. The third kappa shape index (κ3) is 7.00. The van der Waals surface area contributed by atoms with E-state index < -0.39 is 0 Å². The number of hydrogen-bond donors (Lipinski definition) is 4. The van der Waals surface area contributed by atoms with E-state index in [1.54, 1.807) is 0 Å². The summed E-state index contributed by atoms with van der Waals surface area (Å²) >= 11 is 0. The zero-order chi connectivity index (χ0) is 16.2. The Morgan fingerprint density at radius 1 is 1.09 bits per heavy atom. The molecule has 0 radical (unpaired) electrons. The van der Waals surface area contributed by atoms with Crippen LogP contribution in [-0.4, -0.2) is 67.0 Å². The number of aliphatic hydroxyl groups excluding tert-OH is 2. The number of carbonyl (C=O) groups excluding carboxylic acids is 1. The van der Waals surface area contributed by atoms with E-state index >= 15 is 0 Å². The molecule has 6 nitrogen and oxygen atoms in total. The van der Waals surface area contributed by atoms with Crippen molar-refractivity contribution in [2.45, 2.75) is 13.5 Å². The lowest BCUT2D eigenvalue weighted by Gasteiger charge is -2.20. The molecule has 0 fully saturated rings. The van der Waals surface area contributed by atoms with Crippen molar-refractivity contribution < 1.29 is 15.0 Å². The van der Waals surface area contributed by atoms with Crippen molar-refractivity contribution in [1.29, 1.82) is 0 Å². The van der Waals surface area contributed by atoms with Crippen LogP contribution in [0.4, 0.5) is 0 Å². The van der Waals surface area contributed by atoms with Crippen LogP contribution in [0, 0.1) is 0 Å². The smallest absolute Gasteiger partial charge is 0.251 e. The second kappa shape index (κ2) is 11.1. The number of amides is 1. The maximum absolute atomic E-state index is 12.0. The largest absolute Gasteiger partial charge is 0.395 e. The molecular weight excluding hydrogens is 282 g/mol. The summed E-state index contributed by atoms with van der Waals surface area (Å²) in [6.45, 7) is 5.94. The summed E-state index contributed by atoms with van der Waals surface area (Å²) in [4.78, 5) is 13.9. The van der Waals surface area contributed by atoms with Crippen molar-refractivity contribution in [3.63, 3.8) is 0 Å². The Kier molecular flexibility index (Phi) is 9.41. The Labute approximate surface area is 132 Å². The van der Waals surface area contributed by atoms with Gasteiger partial charge in [-0.15, -0.1) is 0 Å². The average Bonchev–Trinajstić information content (AvgIpc) is 2.53. The third-order valence-electron chi connectivity index (χ3n) is 3.34. The molecule has 22 heavy (non-hydrogen) atoms. The number of rotatable bonds is 11. The summed E-state index contributed by atoms with van der Waals surface area (Å²) in [5, 5.41) is 23.9. The molecule has 0 aromatic heterocycles. The molecule has 0 aliphatic rings. The summed E-state index contributed by atoms with van der Waals surface area (Å²) in [5.74, 6) is -0.108. The van der Waals surface area contributed by atoms with Crippen LogP contribution < -0.4 is 10.6 Å². The molecule has 0 bridgehead atoms.